The Hall–Kier alpha value is -1.16. The number of hydrogen-bond acceptors (Lipinski definition) is 3. The van der Waals surface area contributed by atoms with Crippen LogP contribution < -0.4 is 5.56 Å². The third-order valence-corrected chi connectivity index (χ3v) is 3.75. The highest BCUT2D eigenvalue weighted by Crippen LogP contribution is 2.37. The quantitative estimate of drug-likeness (QED) is 0.848. The number of nitrogens with zero attached hydrogens (tertiary/aromatic N) is 2. The molecule has 3 atom stereocenters. The standard InChI is InChI=1S/C13H20N2O2/c1-9(2)11-6-5-10(16)8-12(11)15-13(17)4-3-7-14-15/h3-4,7,9-12,16H,5-6,8H2,1-2H3. The lowest BCUT2D eigenvalue weighted by molar-refractivity contribution is 0.0502. The molecule has 1 N–H and O–H groups in total. The monoisotopic (exact) mass is 236 g/mol. The van der Waals surface area contributed by atoms with Crippen molar-refractivity contribution in [2.45, 2.75) is 45.3 Å². The van der Waals surface area contributed by atoms with Crippen LogP contribution in [0.3, 0.4) is 0 Å². The van der Waals surface area contributed by atoms with Gasteiger partial charge in [0, 0.05) is 12.3 Å². The summed E-state index contributed by atoms with van der Waals surface area (Å²) >= 11 is 0. The molecule has 0 amide bonds. The van der Waals surface area contributed by atoms with Crippen molar-refractivity contribution < 1.29 is 5.11 Å². The molecule has 4 nitrogen and oxygen atoms in total. The molecule has 0 bridgehead atoms. The predicted molar refractivity (Wildman–Crippen MR) is 65.7 cm³/mol. The Balaban J connectivity index is 2.32. The Morgan fingerprint density at radius 2 is 2.24 bits per heavy atom. The first kappa shape index (κ1) is 12.3. The maximum absolute atomic E-state index is 11.8. The Morgan fingerprint density at radius 3 is 2.88 bits per heavy atom. The zero-order valence-electron chi connectivity index (χ0n) is 10.4. The van der Waals surface area contributed by atoms with Crippen molar-refractivity contribution in [1.29, 1.82) is 0 Å². The van der Waals surface area contributed by atoms with E-state index in [0.29, 0.717) is 18.3 Å². The van der Waals surface area contributed by atoms with Gasteiger partial charge in [-0.05, 0) is 37.2 Å². The summed E-state index contributed by atoms with van der Waals surface area (Å²) in [5.74, 6) is 0.924. The Bertz CT molecular complexity index is 427. The van der Waals surface area contributed by atoms with E-state index in [1.54, 1.807) is 16.9 Å². The van der Waals surface area contributed by atoms with E-state index < -0.39 is 0 Å². The zero-order chi connectivity index (χ0) is 12.4. The van der Waals surface area contributed by atoms with Crippen molar-refractivity contribution in [3.8, 4) is 0 Å². The summed E-state index contributed by atoms with van der Waals surface area (Å²) in [5.41, 5.74) is -0.0720. The van der Waals surface area contributed by atoms with E-state index >= 15 is 0 Å². The van der Waals surface area contributed by atoms with E-state index in [0.717, 1.165) is 12.8 Å². The van der Waals surface area contributed by atoms with Gasteiger partial charge in [-0.3, -0.25) is 4.79 Å². The number of rotatable bonds is 2. The molecule has 1 aliphatic rings. The van der Waals surface area contributed by atoms with Crippen molar-refractivity contribution in [2.75, 3.05) is 0 Å². The van der Waals surface area contributed by atoms with Gasteiger partial charge in [0.15, 0.2) is 0 Å². The number of aliphatic hydroxyl groups is 1. The van der Waals surface area contributed by atoms with E-state index in [4.69, 9.17) is 0 Å². The molecule has 1 heterocycles. The molecular formula is C13H20N2O2. The van der Waals surface area contributed by atoms with Crippen LogP contribution >= 0.6 is 0 Å². The molecule has 0 aliphatic heterocycles. The van der Waals surface area contributed by atoms with Crippen LogP contribution in [0.25, 0.3) is 0 Å². The summed E-state index contributed by atoms with van der Waals surface area (Å²) in [6.45, 7) is 4.34. The minimum absolute atomic E-state index is 0.0347. The fourth-order valence-corrected chi connectivity index (χ4v) is 2.83. The average molecular weight is 236 g/mol. The van der Waals surface area contributed by atoms with Gasteiger partial charge in [-0.2, -0.15) is 5.10 Å². The smallest absolute Gasteiger partial charge is 0.266 e. The largest absolute Gasteiger partial charge is 0.393 e. The molecule has 1 aromatic heterocycles. The highest BCUT2D eigenvalue weighted by molar-refractivity contribution is 4.91. The summed E-state index contributed by atoms with van der Waals surface area (Å²) in [7, 11) is 0. The highest BCUT2D eigenvalue weighted by atomic mass is 16.3. The molecule has 0 aromatic carbocycles. The fourth-order valence-electron chi connectivity index (χ4n) is 2.83. The topological polar surface area (TPSA) is 55.1 Å². The second-order valence-electron chi connectivity index (χ2n) is 5.25. The van der Waals surface area contributed by atoms with Gasteiger partial charge in [0.25, 0.3) is 5.56 Å². The van der Waals surface area contributed by atoms with Crippen LogP contribution in [-0.2, 0) is 0 Å². The molecule has 17 heavy (non-hydrogen) atoms. The molecule has 4 heteroatoms. The van der Waals surface area contributed by atoms with Gasteiger partial charge in [-0.25, -0.2) is 4.68 Å². The highest BCUT2D eigenvalue weighted by Gasteiger charge is 2.33. The SMILES string of the molecule is CC(C)C1CCC(O)CC1n1ncccc1=O. The van der Waals surface area contributed by atoms with Gasteiger partial charge in [0.05, 0.1) is 12.1 Å². The van der Waals surface area contributed by atoms with E-state index in [1.165, 1.54) is 6.07 Å². The molecule has 1 aromatic rings. The van der Waals surface area contributed by atoms with E-state index in [2.05, 4.69) is 18.9 Å². The summed E-state index contributed by atoms with van der Waals surface area (Å²) in [6.07, 6.45) is 3.77. The van der Waals surface area contributed by atoms with Gasteiger partial charge in [0.1, 0.15) is 0 Å². The molecule has 1 saturated carbocycles. The van der Waals surface area contributed by atoms with E-state index in [-0.39, 0.29) is 17.7 Å². The van der Waals surface area contributed by atoms with Crippen molar-refractivity contribution in [3.63, 3.8) is 0 Å². The Kier molecular flexibility index (Phi) is 3.62. The lowest BCUT2D eigenvalue weighted by Gasteiger charge is -2.36. The summed E-state index contributed by atoms with van der Waals surface area (Å²) in [6, 6.07) is 3.22. The third kappa shape index (κ3) is 2.57. The molecule has 1 fully saturated rings. The molecule has 0 spiro atoms. The first-order valence-corrected chi connectivity index (χ1v) is 6.31. The van der Waals surface area contributed by atoms with Gasteiger partial charge < -0.3 is 5.11 Å². The second-order valence-corrected chi connectivity index (χ2v) is 5.25. The van der Waals surface area contributed by atoms with Crippen LogP contribution in [0, 0.1) is 11.8 Å². The van der Waals surface area contributed by atoms with Crippen molar-refractivity contribution >= 4 is 0 Å². The van der Waals surface area contributed by atoms with Crippen LogP contribution in [0.5, 0.6) is 0 Å². The number of aromatic nitrogens is 2. The maximum atomic E-state index is 11.8. The van der Waals surface area contributed by atoms with Gasteiger partial charge in [-0.15, -0.1) is 0 Å². The summed E-state index contributed by atoms with van der Waals surface area (Å²) in [5, 5.41) is 14.0. The number of aliphatic hydroxyl groups excluding tert-OH is 1. The molecule has 0 saturated heterocycles. The maximum Gasteiger partial charge on any atom is 0.266 e. The molecule has 0 radical (unpaired) electrons. The molecule has 3 unspecified atom stereocenters. The predicted octanol–water partition coefficient (Wildman–Crippen LogP) is 1.60. The Morgan fingerprint density at radius 1 is 1.47 bits per heavy atom. The van der Waals surface area contributed by atoms with Crippen molar-refractivity contribution in [1.82, 2.24) is 9.78 Å². The van der Waals surface area contributed by atoms with Gasteiger partial charge in [0.2, 0.25) is 0 Å². The zero-order valence-corrected chi connectivity index (χ0v) is 10.4. The molecular weight excluding hydrogens is 216 g/mol. The average Bonchev–Trinajstić information content (AvgIpc) is 2.29. The van der Waals surface area contributed by atoms with Crippen LogP contribution in [0.1, 0.15) is 39.2 Å². The number of hydrogen-bond donors (Lipinski definition) is 1. The lowest BCUT2D eigenvalue weighted by atomic mass is 9.77. The van der Waals surface area contributed by atoms with Crippen LogP contribution in [0.15, 0.2) is 23.1 Å². The molecule has 94 valence electrons. The molecule has 1 aliphatic carbocycles. The summed E-state index contributed by atoms with van der Waals surface area (Å²) in [4.78, 5) is 11.8. The first-order valence-electron chi connectivity index (χ1n) is 6.31. The Labute approximate surface area is 101 Å². The van der Waals surface area contributed by atoms with Gasteiger partial charge in [-0.1, -0.05) is 13.8 Å². The normalized spacial score (nSPS) is 29.5. The third-order valence-electron chi connectivity index (χ3n) is 3.75. The van der Waals surface area contributed by atoms with Gasteiger partial charge >= 0.3 is 0 Å². The van der Waals surface area contributed by atoms with Crippen LogP contribution in [-0.4, -0.2) is 21.0 Å². The van der Waals surface area contributed by atoms with Crippen molar-refractivity contribution in [3.05, 3.63) is 28.7 Å². The van der Waals surface area contributed by atoms with E-state index in [9.17, 15) is 9.90 Å². The molecule has 2 rings (SSSR count). The second kappa shape index (κ2) is 5.00. The van der Waals surface area contributed by atoms with Crippen LogP contribution in [0.4, 0.5) is 0 Å². The lowest BCUT2D eigenvalue weighted by Crippen LogP contribution is -2.38. The minimum atomic E-state index is -0.302. The minimum Gasteiger partial charge on any atom is -0.393 e. The van der Waals surface area contributed by atoms with Crippen molar-refractivity contribution in [2.24, 2.45) is 11.8 Å². The first-order chi connectivity index (χ1) is 8.09. The van der Waals surface area contributed by atoms with Crippen LogP contribution in [0.2, 0.25) is 0 Å². The fraction of sp³-hybridized carbons (Fsp3) is 0.692. The van der Waals surface area contributed by atoms with E-state index in [1.807, 2.05) is 0 Å². The summed E-state index contributed by atoms with van der Waals surface area (Å²) < 4.78 is 1.55.